The highest BCUT2D eigenvalue weighted by Crippen LogP contribution is 2.28. The molecule has 1 N–H and O–H groups in total. The zero-order chi connectivity index (χ0) is 23.9. The average Bonchev–Trinajstić information content (AvgIpc) is 2.55. The van der Waals surface area contributed by atoms with Crippen LogP contribution >= 0.6 is 0 Å². The minimum Gasteiger partial charge on any atom is -0.463 e. The molecule has 12 nitrogen and oxygen atoms in total. The van der Waals surface area contributed by atoms with Crippen molar-refractivity contribution in [3.63, 3.8) is 0 Å². The lowest BCUT2D eigenvalue weighted by molar-refractivity contribution is -0.270. The lowest BCUT2D eigenvalue weighted by atomic mass is 9.96. The first-order chi connectivity index (χ1) is 14.2. The highest BCUT2D eigenvalue weighted by molar-refractivity contribution is 5.70. The molecule has 0 aromatic carbocycles. The second-order valence-corrected chi connectivity index (χ2v) is 7.78. The van der Waals surface area contributed by atoms with Gasteiger partial charge in [-0.3, -0.25) is 19.2 Å². The molecule has 176 valence electrons. The van der Waals surface area contributed by atoms with E-state index in [1.807, 2.05) is 0 Å². The average molecular weight is 447 g/mol. The van der Waals surface area contributed by atoms with Crippen LogP contribution in [-0.2, 0) is 47.6 Å². The second-order valence-electron chi connectivity index (χ2n) is 7.78. The van der Waals surface area contributed by atoms with Gasteiger partial charge in [0.1, 0.15) is 24.4 Å². The summed E-state index contributed by atoms with van der Waals surface area (Å²) in [5, 5.41) is 2.44. The first-order valence-electron chi connectivity index (χ1n) is 9.49. The maximum atomic E-state index is 12.4. The van der Waals surface area contributed by atoms with Crippen molar-refractivity contribution in [1.82, 2.24) is 5.32 Å². The molecule has 0 saturated carbocycles. The fraction of sp³-hybridized carbons (Fsp3) is 0.737. The molecule has 1 aliphatic heterocycles. The molecule has 0 radical (unpaired) electrons. The topological polar surface area (TPSA) is 153 Å². The quantitative estimate of drug-likeness (QED) is 0.450. The van der Waals surface area contributed by atoms with Gasteiger partial charge in [-0.25, -0.2) is 4.79 Å². The Balaban J connectivity index is 3.34. The van der Waals surface area contributed by atoms with Crippen LogP contribution in [0.3, 0.4) is 0 Å². The molecule has 0 bridgehead atoms. The van der Waals surface area contributed by atoms with E-state index < -0.39 is 72.8 Å². The molecule has 31 heavy (non-hydrogen) atoms. The molecule has 1 aliphatic rings. The van der Waals surface area contributed by atoms with Crippen LogP contribution in [0.5, 0.6) is 0 Å². The number of amides is 1. The first-order valence-corrected chi connectivity index (χ1v) is 9.49. The van der Waals surface area contributed by atoms with E-state index in [2.05, 4.69) is 5.32 Å². The second kappa shape index (κ2) is 10.9. The Hall–Kier alpha value is -2.89. The number of hydrogen-bond donors (Lipinski definition) is 1. The van der Waals surface area contributed by atoms with E-state index in [0.717, 1.165) is 27.7 Å². The van der Waals surface area contributed by atoms with Crippen molar-refractivity contribution in [1.29, 1.82) is 0 Å². The Morgan fingerprint density at radius 3 is 1.77 bits per heavy atom. The fourth-order valence-electron chi connectivity index (χ4n) is 2.76. The minimum absolute atomic E-state index is 0.401. The monoisotopic (exact) mass is 447 g/mol. The van der Waals surface area contributed by atoms with Crippen molar-refractivity contribution in [3.8, 4) is 0 Å². The number of carbonyl (C=O) groups is 5. The summed E-state index contributed by atoms with van der Waals surface area (Å²) in [5.41, 5.74) is -0.861. The molecule has 1 heterocycles. The summed E-state index contributed by atoms with van der Waals surface area (Å²) >= 11 is 0. The van der Waals surface area contributed by atoms with Crippen LogP contribution in [0.2, 0.25) is 0 Å². The highest BCUT2D eigenvalue weighted by atomic mass is 16.7. The van der Waals surface area contributed by atoms with E-state index in [9.17, 15) is 24.0 Å². The minimum atomic E-state index is -1.47. The molecule has 0 aromatic heterocycles. The Morgan fingerprint density at radius 2 is 1.32 bits per heavy atom. The number of nitrogens with one attached hydrogen (secondary N) is 1. The van der Waals surface area contributed by atoms with Crippen LogP contribution < -0.4 is 5.32 Å². The van der Waals surface area contributed by atoms with Crippen molar-refractivity contribution in [2.45, 2.75) is 84.7 Å². The number of rotatable bonds is 6. The molecule has 5 atom stereocenters. The number of hydrogen-bond acceptors (Lipinski definition) is 11. The summed E-state index contributed by atoms with van der Waals surface area (Å²) in [6.07, 6.45) is -6.21. The first kappa shape index (κ1) is 26.1. The molecule has 1 saturated heterocycles. The van der Waals surface area contributed by atoms with E-state index in [4.69, 9.17) is 28.4 Å². The van der Waals surface area contributed by atoms with Crippen LogP contribution in [0.15, 0.2) is 0 Å². The molecule has 0 spiro atoms. The van der Waals surface area contributed by atoms with E-state index in [1.54, 1.807) is 20.8 Å². The molecular formula is C19H29NO11. The van der Waals surface area contributed by atoms with E-state index >= 15 is 0 Å². The molecular weight excluding hydrogens is 418 g/mol. The molecule has 2 unspecified atom stereocenters. The van der Waals surface area contributed by atoms with Gasteiger partial charge >= 0.3 is 30.0 Å². The maximum absolute atomic E-state index is 12.4. The zero-order valence-electron chi connectivity index (χ0n) is 18.6. The van der Waals surface area contributed by atoms with Gasteiger partial charge in [0, 0.05) is 27.7 Å². The standard InChI is InChI=1S/C19H29NO11/c1-9(21)26-8-13-15(27-10(2)22)16(28-11(3)23)14(17(30-13)29-12(4)24)20-18(25)31-19(5,6)7/h13-17H,8H2,1-7H3,(H,20,25)/t13?,14?,15-,16+,17+/m0/s1. The summed E-state index contributed by atoms with van der Waals surface area (Å²) in [5.74, 6) is -2.93. The van der Waals surface area contributed by atoms with Crippen molar-refractivity contribution in [2.24, 2.45) is 0 Å². The summed E-state index contributed by atoms with van der Waals surface area (Å²) in [6, 6.07) is -1.31. The Labute approximate surface area is 179 Å². The summed E-state index contributed by atoms with van der Waals surface area (Å²) in [7, 11) is 0. The van der Waals surface area contributed by atoms with Crippen LogP contribution in [-0.4, -0.2) is 72.8 Å². The Bertz CT molecular complexity index is 699. The third-order valence-corrected chi connectivity index (χ3v) is 3.67. The van der Waals surface area contributed by atoms with E-state index in [1.165, 1.54) is 0 Å². The number of ether oxygens (including phenoxy) is 6. The van der Waals surface area contributed by atoms with Gasteiger partial charge in [-0.1, -0.05) is 0 Å². The third-order valence-electron chi connectivity index (χ3n) is 3.67. The number of esters is 4. The van der Waals surface area contributed by atoms with E-state index in [-0.39, 0.29) is 0 Å². The van der Waals surface area contributed by atoms with Crippen molar-refractivity contribution < 1.29 is 52.4 Å². The van der Waals surface area contributed by atoms with Crippen LogP contribution in [0.1, 0.15) is 48.5 Å². The van der Waals surface area contributed by atoms with Gasteiger partial charge in [-0.05, 0) is 20.8 Å². The third kappa shape index (κ3) is 9.20. The molecule has 1 fully saturated rings. The Kier molecular flexibility index (Phi) is 9.22. The summed E-state index contributed by atoms with van der Waals surface area (Å²) in [4.78, 5) is 58.7. The number of alkyl carbamates (subject to hydrolysis) is 1. The highest BCUT2D eigenvalue weighted by Gasteiger charge is 2.52. The van der Waals surface area contributed by atoms with Crippen molar-refractivity contribution in [2.75, 3.05) is 6.61 Å². The van der Waals surface area contributed by atoms with Gasteiger partial charge in [-0.15, -0.1) is 0 Å². The smallest absolute Gasteiger partial charge is 0.408 e. The Morgan fingerprint density at radius 1 is 0.806 bits per heavy atom. The normalized spacial score (nSPS) is 25.6. The molecule has 0 aliphatic carbocycles. The summed E-state index contributed by atoms with van der Waals surface area (Å²) < 4.78 is 31.5. The predicted molar refractivity (Wildman–Crippen MR) is 101 cm³/mol. The van der Waals surface area contributed by atoms with Gasteiger partial charge in [0.25, 0.3) is 0 Å². The van der Waals surface area contributed by atoms with Crippen molar-refractivity contribution in [3.05, 3.63) is 0 Å². The van der Waals surface area contributed by atoms with Gasteiger partial charge in [0.15, 0.2) is 12.2 Å². The number of carbonyl (C=O) groups excluding carboxylic acids is 5. The predicted octanol–water partition coefficient (Wildman–Crippen LogP) is 0.594. The van der Waals surface area contributed by atoms with Crippen LogP contribution in [0, 0.1) is 0 Å². The lowest BCUT2D eigenvalue weighted by Gasteiger charge is -2.44. The molecule has 1 rings (SSSR count). The van der Waals surface area contributed by atoms with Crippen molar-refractivity contribution >= 4 is 30.0 Å². The maximum Gasteiger partial charge on any atom is 0.408 e. The zero-order valence-corrected chi connectivity index (χ0v) is 18.6. The SMILES string of the molecule is CC(=O)OCC1O[C@@H](OC(C)=O)C(NC(=O)OC(C)(C)C)[C@@H](OC(C)=O)[C@H]1OC(C)=O. The molecule has 1 amide bonds. The molecule has 12 heteroatoms. The van der Waals surface area contributed by atoms with Gasteiger partial charge < -0.3 is 33.7 Å². The largest absolute Gasteiger partial charge is 0.463 e. The fourth-order valence-corrected chi connectivity index (χ4v) is 2.76. The summed E-state index contributed by atoms with van der Waals surface area (Å²) in [6.45, 7) is 8.98. The van der Waals surface area contributed by atoms with E-state index in [0.29, 0.717) is 0 Å². The van der Waals surface area contributed by atoms with Gasteiger partial charge in [-0.2, -0.15) is 0 Å². The van der Waals surface area contributed by atoms with Gasteiger partial charge in [0.2, 0.25) is 6.29 Å². The van der Waals surface area contributed by atoms with Crippen LogP contribution in [0.4, 0.5) is 4.79 Å². The lowest BCUT2D eigenvalue weighted by Crippen LogP contribution is -2.67. The molecule has 0 aromatic rings. The van der Waals surface area contributed by atoms with Crippen LogP contribution in [0.25, 0.3) is 0 Å². The van der Waals surface area contributed by atoms with Gasteiger partial charge in [0.05, 0.1) is 0 Å².